The largest absolute Gasteiger partial charge is 0.459 e. The van der Waals surface area contributed by atoms with Gasteiger partial charge in [0.2, 0.25) is 0 Å². The lowest BCUT2D eigenvalue weighted by Gasteiger charge is -2.34. The van der Waals surface area contributed by atoms with Gasteiger partial charge in [-0.2, -0.15) is 26.0 Å². The summed E-state index contributed by atoms with van der Waals surface area (Å²) in [5.41, 5.74) is -1.27. The van der Waals surface area contributed by atoms with Crippen molar-refractivity contribution in [2.75, 3.05) is 0 Å². The molecule has 0 saturated carbocycles. The van der Waals surface area contributed by atoms with Gasteiger partial charge in [-0.1, -0.05) is 36.4 Å². The molecule has 0 bridgehead atoms. The summed E-state index contributed by atoms with van der Waals surface area (Å²) in [4.78, 5) is 0. The number of benzene rings is 2. The number of ether oxygens (including phenoxy) is 1. The van der Waals surface area contributed by atoms with E-state index in [4.69, 9.17) is 4.55 Å². The number of hydrogen-bond donors (Lipinski definition) is 1. The van der Waals surface area contributed by atoms with Gasteiger partial charge in [0.15, 0.2) is 0 Å². The van der Waals surface area contributed by atoms with Gasteiger partial charge in [-0.25, -0.2) is 0 Å². The molecule has 0 aliphatic rings. The molecule has 2 rings (SSSR count). The first-order valence-corrected chi connectivity index (χ1v) is 8.56. The average Bonchev–Trinajstić information content (AvgIpc) is 2.45. The molecule has 0 spiro atoms. The van der Waals surface area contributed by atoms with E-state index in [-0.39, 0.29) is 5.56 Å². The molecule has 0 aromatic heterocycles. The van der Waals surface area contributed by atoms with Gasteiger partial charge < -0.3 is 4.74 Å². The molecule has 1 N–H and O–H groups in total. The van der Waals surface area contributed by atoms with E-state index in [0.29, 0.717) is 10.9 Å². The third kappa shape index (κ3) is 3.36. The monoisotopic (exact) mass is 380 g/mol. The Balaban J connectivity index is 2.51. The first kappa shape index (κ1) is 19.6. The highest BCUT2D eigenvalue weighted by molar-refractivity contribution is 7.86. The van der Waals surface area contributed by atoms with Gasteiger partial charge in [0.1, 0.15) is 0 Å². The third-order valence-electron chi connectivity index (χ3n) is 3.89. The Morgan fingerprint density at radius 1 is 1.00 bits per heavy atom. The molecule has 0 aliphatic heterocycles. The van der Waals surface area contributed by atoms with Crippen molar-refractivity contribution in [3.8, 4) is 0 Å². The zero-order chi connectivity index (χ0) is 19.3. The van der Waals surface area contributed by atoms with E-state index in [0.717, 1.165) is 19.2 Å². The van der Waals surface area contributed by atoms with Crippen LogP contribution in [0, 0.1) is 6.92 Å². The maximum atomic E-state index is 13.8. The van der Waals surface area contributed by atoms with Crippen LogP contribution in [0.5, 0.6) is 0 Å². The topological polar surface area (TPSA) is 63.6 Å². The maximum Gasteiger partial charge on any atom is 0.459 e. The lowest BCUT2D eigenvalue weighted by molar-refractivity contribution is -0.355. The Hall–Kier alpha value is -1.71. The average molecular weight is 380 g/mol. The second-order valence-corrected chi connectivity index (χ2v) is 7.54. The first-order chi connectivity index (χ1) is 11.2. The van der Waals surface area contributed by atoms with Gasteiger partial charge in [0.25, 0.3) is 0 Å². The molecule has 0 unspecified atom stereocenters. The van der Waals surface area contributed by atoms with Crippen LogP contribution in [0.3, 0.4) is 0 Å². The summed E-state index contributed by atoms with van der Waals surface area (Å²) in [6, 6.07) is 10.1. The third-order valence-corrected chi connectivity index (χ3v) is 4.78. The number of halogens is 4. The fraction of sp³-hybridized carbons (Fsp3) is 0.375. The summed E-state index contributed by atoms with van der Waals surface area (Å²) in [5.74, 6) is 0. The van der Waals surface area contributed by atoms with Crippen molar-refractivity contribution < 1.29 is 35.3 Å². The van der Waals surface area contributed by atoms with Crippen molar-refractivity contribution in [3.63, 3.8) is 0 Å². The minimum atomic E-state index is -6.37. The van der Waals surface area contributed by atoms with Gasteiger partial charge in [0.05, 0.1) is 5.60 Å². The summed E-state index contributed by atoms with van der Waals surface area (Å²) in [6.07, 6.45) is -5.44. The van der Waals surface area contributed by atoms with Crippen molar-refractivity contribution in [2.45, 2.75) is 37.7 Å². The molecule has 0 radical (unpaired) electrons. The molecule has 25 heavy (non-hydrogen) atoms. The fourth-order valence-electron chi connectivity index (χ4n) is 2.66. The predicted molar refractivity (Wildman–Crippen MR) is 84.2 cm³/mol. The highest BCUT2D eigenvalue weighted by atomic mass is 32.2. The van der Waals surface area contributed by atoms with Crippen molar-refractivity contribution >= 4 is 20.9 Å². The Kier molecular flexibility index (Phi) is 4.65. The van der Waals surface area contributed by atoms with Crippen LogP contribution < -0.4 is 0 Å². The zero-order valence-electron chi connectivity index (χ0n) is 13.6. The molecule has 2 aromatic carbocycles. The van der Waals surface area contributed by atoms with Crippen molar-refractivity contribution in [1.29, 1.82) is 0 Å². The summed E-state index contributed by atoms with van der Waals surface area (Å²) in [5, 5.41) is -4.27. The van der Waals surface area contributed by atoms with Crippen LogP contribution in [0.2, 0.25) is 0 Å². The maximum absolute atomic E-state index is 13.8. The van der Waals surface area contributed by atoms with Gasteiger partial charge in [-0.15, -0.1) is 0 Å². The Morgan fingerprint density at radius 3 is 2.12 bits per heavy atom. The van der Waals surface area contributed by atoms with Gasteiger partial charge in [-0.3, -0.25) is 4.55 Å². The fourth-order valence-corrected chi connectivity index (χ4v) is 3.01. The molecular formula is C16H16F4O4S. The van der Waals surface area contributed by atoms with Gasteiger partial charge in [-0.05, 0) is 42.7 Å². The van der Waals surface area contributed by atoms with E-state index in [9.17, 15) is 26.0 Å². The number of hydrogen-bond acceptors (Lipinski definition) is 3. The van der Waals surface area contributed by atoms with Crippen molar-refractivity contribution in [3.05, 3.63) is 47.5 Å². The number of rotatable bonds is 5. The van der Waals surface area contributed by atoms with E-state index in [2.05, 4.69) is 4.74 Å². The lowest BCUT2D eigenvalue weighted by atomic mass is 9.90. The van der Waals surface area contributed by atoms with Crippen LogP contribution in [-0.4, -0.2) is 24.3 Å². The second kappa shape index (κ2) is 5.93. The van der Waals surface area contributed by atoms with E-state index in [1.165, 1.54) is 6.07 Å². The standard InChI is InChI=1S/C16H16F4O4S/c1-10-12-7-5-4-6-11(12)8-9-13(10)14(2,3)24-15(17,18)16(19,20)25(21,22)23/h4-9H,1-3H3,(H,21,22,23). The number of aryl methyl sites for hydroxylation is 1. The molecule has 0 aliphatic carbocycles. The van der Waals surface area contributed by atoms with Crippen LogP contribution in [0.1, 0.15) is 25.0 Å². The molecule has 9 heteroatoms. The van der Waals surface area contributed by atoms with Crippen LogP contribution in [0.15, 0.2) is 36.4 Å². The van der Waals surface area contributed by atoms with Crippen LogP contribution >= 0.6 is 0 Å². The molecule has 0 fully saturated rings. The van der Waals surface area contributed by atoms with E-state index in [1.807, 2.05) is 0 Å². The highest BCUT2D eigenvalue weighted by Crippen LogP contribution is 2.44. The Morgan fingerprint density at radius 2 is 1.56 bits per heavy atom. The molecule has 0 heterocycles. The summed E-state index contributed by atoms with van der Waals surface area (Å²) < 4.78 is 88.3. The molecule has 0 amide bonds. The quantitative estimate of drug-likeness (QED) is 0.614. The van der Waals surface area contributed by atoms with E-state index < -0.39 is 27.1 Å². The van der Waals surface area contributed by atoms with Crippen LogP contribution in [-0.2, 0) is 20.5 Å². The summed E-state index contributed by atoms with van der Waals surface area (Å²) in [6.45, 7) is 3.83. The zero-order valence-corrected chi connectivity index (χ0v) is 14.4. The van der Waals surface area contributed by atoms with E-state index >= 15 is 0 Å². The van der Waals surface area contributed by atoms with Crippen molar-refractivity contribution in [1.82, 2.24) is 0 Å². The highest BCUT2D eigenvalue weighted by Gasteiger charge is 2.69. The summed E-state index contributed by atoms with van der Waals surface area (Å²) in [7, 11) is -6.37. The lowest BCUT2D eigenvalue weighted by Crippen LogP contribution is -2.51. The Labute approximate surface area is 142 Å². The van der Waals surface area contributed by atoms with Gasteiger partial charge in [0, 0.05) is 0 Å². The number of alkyl halides is 4. The minimum absolute atomic E-state index is 0.178. The molecule has 0 saturated heterocycles. The smallest absolute Gasteiger partial charge is 0.304 e. The van der Waals surface area contributed by atoms with Crippen LogP contribution in [0.25, 0.3) is 10.8 Å². The van der Waals surface area contributed by atoms with Crippen molar-refractivity contribution in [2.24, 2.45) is 0 Å². The SMILES string of the molecule is Cc1c(C(C)(C)OC(F)(F)C(F)(F)S(=O)(=O)O)ccc2ccccc12. The minimum Gasteiger partial charge on any atom is -0.304 e. The second-order valence-electron chi connectivity index (χ2n) is 6.08. The number of fused-ring (bicyclic) bond motifs is 1. The molecular weight excluding hydrogens is 364 g/mol. The molecule has 4 nitrogen and oxygen atoms in total. The normalized spacial score (nSPS) is 14.1. The predicted octanol–water partition coefficient (Wildman–Crippen LogP) is 4.47. The summed E-state index contributed by atoms with van der Waals surface area (Å²) >= 11 is 0. The van der Waals surface area contributed by atoms with Gasteiger partial charge >= 0.3 is 21.5 Å². The van der Waals surface area contributed by atoms with Crippen LogP contribution in [0.4, 0.5) is 17.6 Å². The molecule has 0 atom stereocenters. The molecule has 138 valence electrons. The first-order valence-electron chi connectivity index (χ1n) is 7.12. The Bertz CT molecular complexity index is 907. The molecule has 2 aromatic rings. The van der Waals surface area contributed by atoms with E-state index in [1.54, 1.807) is 37.3 Å².